The molecule has 164 valence electrons. The van der Waals surface area contributed by atoms with Gasteiger partial charge in [-0.2, -0.15) is 0 Å². The van der Waals surface area contributed by atoms with Crippen LogP contribution in [0.5, 0.6) is 0 Å². The lowest BCUT2D eigenvalue weighted by molar-refractivity contribution is 0.0141. The molecular weight excluding hydrogens is 390 g/mol. The monoisotopic (exact) mass is 421 g/mol. The maximum atomic E-state index is 13.0. The fourth-order valence-corrected chi connectivity index (χ4v) is 4.19. The minimum atomic E-state index is -0.513. The SMILES string of the molecule is CC(C)(C)OC(=O)N1CCN(C(=O)c2ccc(N3CCCc4ccccc43)cc2)CC1. The molecule has 0 saturated carbocycles. The van der Waals surface area contributed by atoms with Crippen molar-refractivity contribution in [2.45, 2.75) is 39.2 Å². The van der Waals surface area contributed by atoms with Gasteiger partial charge in [0.25, 0.3) is 5.91 Å². The number of benzene rings is 2. The number of anilines is 2. The Morgan fingerprint density at radius 1 is 0.839 bits per heavy atom. The van der Waals surface area contributed by atoms with Crippen LogP contribution in [0.2, 0.25) is 0 Å². The van der Waals surface area contributed by atoms with Crippen LogP contribution < -0.4 is 4.90 Å². The topological polar surface area (TPSA) is 53.1 Å². The first-order valence-electron chi connectivity index (χ1n) is 11.0. The lowest BCUT2D eigenvalue weighted by atomic mass is 10.0. The number of ether oxygens (including phenoxy) is 1. The van der Waals surface area contributed by atoms with Crippen LogP contribution in [0, 0.1) is 0 Å². The van der Waals surface area contributed by atoms with Gasteiger partial charge < -0.3 is 19.4 Å². The molecule has 1 saturated heterocycles. The lowest BCUT2D eigenvalue weighted by Crippen LogP contribution is -2.51. The number of aryl methyl sites for hydroxylation is 1. The second-order valence-electron chi connectivity index (χ2n) is 9.19. The fourth-order valence-electron chi connectivity index (χ4n) is 4.19. The summed E-state index contributed by atoms with van der Waals surface area (Å²) in [6.07, 6.45) is 1.92. The normalized spacial score (nSPS) is 16.7. The van der Waals surface area contributed by atoms with E-state index < -0.39 is 5.60 Å². The zero-order chi connectivity index (χ0) is 22.0. The minimum absolute atomic E-state index is 0.00873. The number of rotatable bonds is 2. The highest BCUT2D eigenvalue weighted by Crippen LogP contribution is 2.33. The van der Waals surface area contributed by atoms with Crippen molar-refractivity contribution in [3.05, 3.63) is 59.7 Å². The molecule has 6 nitrogen and oxygen atoms in total. The summed E-state index contributed by atoms with van der Waals surface area (Å²) in [6, 6.07) is 16.4. The van der Waals surface area contributed by atoms with E-state index in [0.717, 1.165) is 25.1 Å². The number of para-hydroxylation sites is 1. The van der Waals surface area contributed by atoms with Crippen LogP contribution in [0.3, 0.4) is 0 Å². The van der Waals surface area contributed by atoms with Crippen molar-refractivity contribution in [1.29, 1.82) is 0 Å². The molecule has 0 aromatic heterocycles. The van der Waals surface area contributed by atoms with Crippen molar-refractivity contribution < 1.29 is 14.3 Å². The molecule has 0 atom stereocenters. The summed E-state index contributed by atoms with van der Waals surface area (Å²) in [5.74, 6) is 0.00873. The van der Waals surface area contributed by atoms with Gasteiger partial charge >= 0.3 is 6.09 Å². The molecule has 0 aliphatic carbocycles. The number of piperazine rings is 1. The summed E-state index contributed by atoms with van der Waals surface area (Å²) in [7, 11) is 0. The lowest BCUT2D eigenvalue weighted by Gasteiger charge is -2.35. The Hall–Kier alpha value is -3.02. The van der Waals surface area contributed by atoms with Crippen molar-refractivity contribution in [1.82, 2.24) is 9.80 Å². The summed E-state index contributed by atoms with van der Waals surface area (Å²) in [5.41, 5.74) is 3.90. The Morgan fingerprint density at radius 2 is 1.48 bits per heavy atom. The fraction of sp³-hybridized carbons (Fsp3) is 0.440. The summed E-state index contributed by atoms with van der Waals surface area (Å²) in [4.78, 5) is 31.0. The molecule has 2 aliphatic rings. The molecule has 2 amide bonds. The second kappa shape index (κ2) is 8.61. The average Bonchev–Trinajstić information content (AvgIpc) is 2.77. The highest BCUT2D eigenvalue weighted by Gasteiger charge is 2.28. The predicted molar refractivity (Wildman–Crippen MR) is 122 cm³/mol. The zero-order valence-corrected chi connectivity index (χ0v) is 18.6. The Labute approximate surface area is 184 Å². The molecule has 6 heteroatoms. The number of hydrogen-bond donors (Lipinski definition) is 0. The summed E-state index contributed by atoms with van der Waals surface area (Å²) >= 11 is 0. The third kappa shape index (κ3) is 4.84. The van der Waals surface area contributed by atoms with Gasteiger partial charge in [-0.15, -0.1) is 0 Å². The number of carbonyl (C=O) groups excluding carboxylic acids is 2. The molecular formula is C25H31N3O3. The molecule has 0 unspecified atom stereocenters. The number of carbonyl (C=O) groups is 2. The van der Waals surface area contributed by atoms with Gasteiger partial charge in [-0.25, -0.2) is 4.79 Å². The van der Waals surface area contributed by atoms with Crippen molar-refractivity contribution in [2.24, 2.45) is 0 Å². The van der Waals surface area contributed by atoms with Crippen LogP contribution in [0.15, 0.2) is 48.5 Å². The molecule has 0 radical (unpaired) electrons. The van der Waals surface area contributed by atoms with E-state index in [-0.39, 0.29) is 12.0 Å². The third-order valence-electron chi connectivity index (χ3n) is 5.75. The van der Waals surface area contributed by atoms with Crippen LogP contribution in [0.25, 0.3) is 0 Å². The maximum Gasteiger partial charge on any atom is 0.410 e. The number of hydrogen-bond acceptors (Lipinski definition) is 4. The van der Waals surface area contributed by atoms with Crippen molar-refractivity contribution in [2.75, 3.05) is 37.6 Å². The smallest absolute Gasteiger partial charge is 0.410 e. The molecule has 0 bridgehead atoms. The van der Waals surface area contributed by atoms with Gasteiger partial charge in [-0.3, -0.25) is 4.79 Å². The predicted octanol–water partition coefficient (Wildman–Crippen LogP) is 4.46. The van der Waals surface area contributed by atoms with Crippen LogP contribution in [-0.2, 0) is 11.2 Å². The quantitative estimate of drug-likeness (QED) is 0.718. The van der Waals surface area contributed by atoms with Gasteiger partial charge in [0.05, 0.1) is 0 Å². The highest BCUT2D eigenvalue weighted by molar-refractivity contribution is 5.95. The molecule has 0 N–H and O–H groups in total. The van der Waals surface area contributed by atoms with E-state index >= 15 is 0 Å². The number of nitrogens with zero attached hydrogens (tertiary/aromatic N) is 3. The first kappa shape index (κ1) is 21.2. The maximum absolute atomic E-state index is 13.0. The first-order chi connectivity index (χ1) is 14.8. The average molecular weight is 422 g/mol. The van der Waals surface area contributed by atoms with Crippen molar-refractivity contribution >= 4 is 23.4 Å². The molecule has 0 spiro atoms. The summed E-state index contributed by atoms with van der Waals surface area (Å²) in [5, 5.41) is 0. The summed E-state index contributed by atoms with van der Waals surface area (Å²) < 4.78 is 5.43. The van der Waals surface area contributed by atoms with Gasteiger partial charge in [0.15, 0.2) is 0 Å². The Bertz CT molecular complexity index is 941. The Balaban J connectivity index is 1.38. The van der Waals surface area contributed by atoms with Gasteiger partial charge in [0.2, 0.25) is 0 Å². The van der Waals surface area contributed by atoms with E-state index in [1.165, 1.54) is 11.3 Å². The van der Waals surface area contributed by atoms with Crippen LogP contribution in [0.1, 0.15) is 43.1 Å². The standard InChI is InChI=1S/C25H31N3O3/c1-25(2,3)31-24(30)27-17-15-26(16-18-27)23(29)20-10-12-21(13-11-20)28-14-6-8-19-7-4-5-9-22(19)28/h4-5,7,9-13H,6,8,14-18H2,1-3H3. The molecule has 1 fully saturated rings. The van der Waals surface area contributed by atoms with Gasteiger partial charge in [0, 0.05) is 49.7 Å². The molecule has 2 heterocycles. The molecule has 31 heavy (non-hydrogen) atoms. The first-order valence-corrected chi connectivity index (χ1v) is 11.0. The highest BCUT2D eigenvalue weighted by atomic mass is 16.6. The van der Waals surface area contributed by atoms with Gasteiger partial charge in [-0.1, -0.05) is 18.2 Å². The van der Waals surface area contributed by atoms with Gasteiger partial charge in [-0.05, 0) is 69.5 Å². The van der Waals surface area contributed by atoms with E-state index in [9.17, 15) is 9.59 Å². The minimum Gasteiger partial charge on any atom is -0.444 e. The number of fused-ring (bicyclic) bond motifs is 1. The molecule has 2 aromatic carbocycles. The summed E-state index contributed by atoms with van der Waals surface area (Å²) in [6.45, 7) is 8.56. The van der Waals surface area contributed by atoms with Crippen LogP contribution in [0.4, 0.5) is 16.2 Å². The molecule has 2 aliphatic heterocycles. The van der Waals surface area contributed by atoms with E-state index in [0.29, 0.717) is 31.7 Å². The van der Waals surface area contributed by atoms with E-state index in [1.54, 1.807) is 4.90 Å². The van der Waals surface area contributed by atoms with Crippen LogP contribution in [-0.4, -0.2) is 60.1 Å². The molecule has 4 rings (SSSR count). The van der Waals surface area contributed by atoms with E-state index in [2.05, 4.69) is 29.2 Å². The van der Waals surface area contributed by atoms with Crippen molar-refractivity contribution in [3.8, 4) is 0 Å². The second-order valence-corrected chi connectivity index (χ2v) is 9.19. The van der Waals surface area contributed by atoms with E-state index in [1.807, 2.05) is 49.9 Å². The van der Waals surface area contributed by atoms with Crippen LogP contribution >= 0.6 is 0 Å². The van der Waals surface area contributed by atoms with E-state index in [4.69, 9.17) is 4.74 Å². The Morgan fingerprint density at radius 3 is 2.16 bits per heavy atom. The van der Waals surface area contributed by atoms with Crippen molar-refractivity contribution in [3.63, 3.8) is 0 Å². The molecule has 2 aromatic rings. The third-order valence-corrected chi connectivity index (χ3v) is 5.75. The van der Waals surface area contributed by atoms with Gasteiger partial charge in [0.1, 0.15) is 5.60 Å². The number of amides is 2. The largest absolute Gasteiger partial charge is 0.444 e. The Kier molecular flexibility index (Phi) is 5.90. The zero-order valence-electron chi connectivity index (χ0n) is 18.6.